The molecular weight excluding hydrogens is 558 g/mol. The van der Waals surface area contributed by atoms with Crippen LogP contribution in [-0.4, -0.2) is 77.4 Å². The van der Waals surface area contributed by atoms with Crippen LogP contribution in [0.25, 0.3) is 0 Å². The molecule has 2 aliphatic rings. The second-order valence-electron chi connectivity index (χ2n) is 9.16. The lowest BCUT2D eigenvalue weighted by Crippen LogP contribution is -2.40. The third-order valence-corrected chi connectivity index (χ3v) is 10.1. The van der Waals surface area contributed by atoms with Gasteiger partial charge in [0.25, 0.3) is 0 Å². The maximum absolute atomic E-state index is 13.7. The highest BCUT2D eigenvalue weighted by molar-refractivity contribution is 7.89. The Bertz CT molecular complexity index is 1570. The topological polar surface area (TPSA) is 132 Å². The van der Waals surface area contributed by atoms with Crippen molar-refractivity contribution in [1.82, 2.24) is 8.61 Å². The third kappa shape index (κ3) is 6.29. The molecule has 1 amide bonds. The number of hydrogen-bond donors (Lipinski definition) is 1. The van der Waals surface area contributed by atoms with Crippen molar-refractivity contribution < 1.29 is 35.8 Å². The summed E-state index contributed by atoms with van der Waals surface area (Å²) in [7, 11) is -7.92. The average molecular weight is 588 g/mol. The predicted octanol–water partition coefficient (Wildman–Crippen LogP) is 2.31. The average Bonchev–Trinajstić information content (AvgIpc) is 2.97. The lowest BCUT2D eigenvalue weighted by atomic mass is 10.2. The molecule has 212 valence electrons. The van der Waals surface area contributed by atoms with Gasteiger partial charge in [0, 0.05) is 31.4 Å². The third-order valence-electron chi connectivity index (χ3n) is 6.40. The number of rotatable bonds is 9. The second-order valence-corrected chi connectivity index (χ2v) is 13.0. The molecule has 3 aromatic carbocycles. The first-order valence-corrected chi connectivity index (χ1v) is 15.5. The van der Waals surface area contributed by atoms with Gasteiger partial charge in [-0.1, -0.05) is 36.4 Å². The van der Waals surface area contributed by atoms with E-state index in [9.17, 15) is 21.6 Å². The molecule has 0 spiro atoms. The number of fused-ring (bicyclic) bond motifs is 1. The normalized spacial score (nSPS) is 16.0. The van der Waals surface area contributed by atoms with Crippen molar-refractivity contribution in [3.05, 3.63) is 78.4 Å². The Balaban J connectivity index is 1.37. The number of nitrogens with zero attached hydrogens (tertiary/aromatic N) is 2. The van der Waals surface area contributed by atoms with Crippen LogP contribution < -0.4 is 14.8 Å². The summed E-state index contributed by atoms with van der Waals surface area (Å²) in [5.74, 6) is 0.136. The van der Waals surface area contributed by atoms with Crippen molar-refractivity contribution in [3.63, 3.8) is 0 Å². The standard InChI is InChI=1S/C27H29N3O8S2/c31-27(28-22-7-4-8-23(17-22)39(32,33)29-11-13-36-14-12-29)20-30(19-21-5-2-1-3-6-21)40(34,35)24-9-10-25-26(18-24)38-16-15-37-25/h1-10,17-18H,11-16,19-20H2,(H,28,31). The summed E-state index contributed by atoms with van der Waals surface area (Å²) in [4.78, 5) is 13.1. The minimum Gasteiger partial charge on any atom is -0.486 e. The van der Waals surface area contributed by atoms with E-state index in [4.69, 9.17) is 14.2 Å². The Hall–Kier alpha value is -3.49. The van der Waals surface area contributed by atoms with Gasteiger partial charge in [0.05, 0.1) is 29.5 Å². The zero-order chi connectivity index (χ0) is 28.2. The van der Waals surface area contributed by atoms with E-state index in [0.29, 0.717) is 43.5 Å². The zero-order valence-corrected chi connectivity index (χ0v) is 23.2. The van der Waals surface area contributed by atoms with Crippen LogP contribution in [0.5, 0.6) is 11.5 Å². The van der Waals surface area contributed by atoms with E-state index in [1.165, 1.54) is 40.7 Å². The van der Waals surface area contributed by atoms with E-state index in [1.807, 2.05) is 6.07 Å². The van der Waals surface area contributed by atoms with Crippen LogP contribution in [0.2, 0.25) is 0 Å². The van der Waals surface area contributed by atoms with Gasteiger partial charge in [-0.25, -0.2) is 16.8 Å². The molecule has 0 radical (unpaired) electrons. The van der Waals surface area contributed by atoms with E-state index in [2.05, 4.69) is 5.32 Å². The maximum atomic E-state index is 13.7. The minimum atomic E-state index is -4.14. The van der Waals surface area contributed by atoms with Crippen molar-refractivity contribution in [2.45, 2.75) is 16.3 Å². The van der Waals surface area contributed by atoms with Crippen LogP contribution in [0, 0.1) is 0 Å². The Labute approximate surface area is 233 Å². The molecule has 0 aliphatic carbocycles. The molecular formula is C27H29N3O8S2. The number of benzene rings is 3. The van der Waals surface area contributed by atoms with Gasteiger partial charge in [0.15, 0.2) is 11.5 Å². The van der Waals surface area contributed by atoms with Crippen LogP contribution >= 0.6 is 0 Å². The Morgan fingerprint density at radius 2 is 1.52 bits per heavy atom. The lowest BCUT2D eigenvalue weighted by molar-refractivity contribution is -0.116. The van der Waals surface area contributed by atoms with E-state index >= 15 is 0 Å². The van der Waals surface area contributed by atoms with E-state index in [1.54, 1.807) is 30.3 Å². The molecule has 1 saturated heterocycles. The minimum absolute atomic E-state index is 0.0252. The number of carbonyl (C=O) groups is 1. The predicted molar refractivity (Wildman–Crippen MR) is 146 cm³/mol. The molecule has 3 aromatic rings. The summed E-state index contributed by atoms with van der Waals surface area (Å²) in [5, 5.41) is 2.65. The highest BCUT2D eigenvalue weighted by Gasteiger charge is 2.30. The van der Waals surface area contributed by atoms with Gasteiger partial charge in [-0.3, -0.25) is 4.79 Å². The van der Waals surface area contributed by atoms with Crippen molar-refractivity contribution in [2.24, 2.45) is 0 Å². The first-order valence-electron chi connectivity index (χ1n) is 12.6. The fourth-order valence-electron chi connectivity index (χ4n) is 4.38. The molecule has 5 rings (SSSR count). The second kappa shape index (κ2) is 11.9. The number of sulfonamides is 2. The van der Waals surface area contributed by atoms with Gasteiger partial charge in [-0.15, -0.1) is 0 Å². The molecule has 0 atom stereocenters. The first kappa shape index (κ1) is 28.1. The Morgan fingerprint density at radius 1 is 0.800 bits per heavy atom. The van der Waals surface area contributed by atoms with Gasteiger partial charge in [0.2, 0.25) is 26.0 Å². The lowest BCUT2D eigenvalue weighted by Gasteiger charge is -2.26. The molecule has 1 fully saturated rings. The van der Waals surface area contributed by atoms with Gasteiger partial charge < -0.3 is 19.5 Å². The summed E-state index contributed by atoms with van der Waals surface area (Å²) < 4.78 is 72.2. The van der Waals surface area contributed by atoms with Crippen LogP contribution in [0.3, 0.4) is 0 Å². The number of ether oxygens (including phenoxy) is 3. The summed E-state index contributed by atoms with van der Waals surface area (Å²) in [6.45, 7) is 1.20. The molecule has 1 N–H and O–H groups in total. The molecule has 2 heterocycles. The molecule has 0 aromatic heterocycles. The summed E-state index contributed by atoms with van der Waals surface area (Å²) in [6.07, 6.45) is 0. The molecule has 0 unspecified atom stereocenters. The van der Waals surface area contributed by atoms with Crippen LogP contribution in [-0.2, 0) is 36.1 Å². The van der Waals surface area contributed by atoms with Crippen LogP contribution in [0.4, 0.5) is 5.69 Å². The fourth-order valence-corrected chi connectivity index (χ4v) is 7.23. The number of carbonyl (C=O) groups excluding carboxylic acids is 1. The molecule has 2 aliphatic heterocycles. The SMILES string of the molecule is O=C(CN(Cc1ccccc1)S(=O)(=O)c1ccc2c(c1)OCCO2)Nc1cccc(S(=O)(=O)N2CCOCC2)c1. The van der Waals surface area contributed by atoms with Gasteiger partial charge in [-0.2, -0.15) is 8.61 Å². The van der Waals surface area contributed by atoms with Crippen molar-refractivity contribution in [3.8, 4) is 11.5 Å². The van der Waals surface area contributed by atoms with E-state index in [-0.39, 0.29) is 35.1 Å². The first-order chi connectivity index (χ1) is 19.2. The van der Waals surface area contributed by atoms with Crippen molar-refractivity contribution in [2.75, 3.05) is 51.4 Å². The van der Waals surface area contributed by atoms with Gasteiger partial charge in [-0.05, 0) is 35.9 Å². The van der Waals surface area contributed by atoms with Crippen LogP contribution in [0.1, 0.15) is 5.56 Å². The van der Waals surface area contributed by atoms with E-state index in [0.717, 1.165) is 4.31 Å². The van der Waals surface area contributed by atoms with Crippen LogP contribution in [0.15, 0.2) is 82.6 Å². The van der Waals surface area contributed by atoms with Gasteiger partial charge >= 0.3 is 0 Å². The van der Waals surface area contributed by atoms with E-state index < -0.39 is 32.5 Å². The monoisotopic (exact) mass is 587 g/mol. The fraction of sp³-hybridized carbons (Fsp3) is 0.296. The Morgan fingerprint density at radius 3 is 2.27 bits per heavy atom. The summed E-state index contributed by atoms with van der Waals surface area (Å²) in [5.41, 5.74) is 0.922. The van der Waals surface area contributed by atoms with Crippen molar-refractivity contribution in [1.29, 1.82) is 0 Å². The maximum Gasteiger partial charge on any atom is 0.243 e. The summed E-state index contributed by atoms with van der Waals surface area (Å²) in [6, 6.07) is 19.1. The molecule has 11 nitrogen and oxygen atoms in total. The highest BCUT2D eigenvalue weighted by atomic mass is 32.2. The summed E-state index contributed by atoms with van der Waals surface area (Å²) >= 11 is 0. The highest BCUT2D eigenvalue weighted by Crippen LogP contribution is 2.33. The number of anilines is 1. The molecule has 0 saturated carbocycles. The zero-order valence-electron chi connectivity index (χ0n) is 21.6. The molecule has 13 heteroatoms. The molecule has 40 heavy (non-hydrogen) atoms. The largest absolute Gasteiger partial charge is 0.486 e. The Kier molecular flexibility index (Phi) is 8.38. The quantitative estimate of drug-likeness (QED) is 0.404. The number of hydrogen-bond acceptors (Lipinski definition) is 8. The van der Waals surface area contributed by atoms with Crippen molar-refractivity contribution >= 4 is 31.6 Å². The van der Waals surface area contributed by atoms with Gasteiger partial charge in [0.1, 0.15) is 13.2 Å². The number of nitrogens with one attached hydrogen (secondary N) is 1. The number of morpholine rings is 1. The smallest absolute Gasteiger partial charge is 0.243 e. The number of amides is 1. The molecule has 0 bridgehead atoms.